The number of para-hydroxylation sites is 1. The third-order valence-electron chi connectivity index (χ3n) is 9.64. The van der Waals surface area contributed by atoms with Gasteiger partial charge in [0, 0.05) is 27.3 Å². The molecule has 50 heavy (non-hydrogen) atoms. The highest BCUT2D eigenvalue weighted by molar-refractivity contribution is 6.76. The Hall–Kier alpha value is -2.55. The van der Waals surface area contributed by atoms with Crippen LogP contribution in [0.1, 0.15) is 109 Å². The molecule has 1 aliphatic heterocycles. The Balaban J connectivity index is 2.03. The van der Waals surface area contributed by atoms with Crippen LogP contribution in [-0.4, -0.2) is 70.7 Å². The standard InChI is InChI=1S/C38H65FN2O7Si2/c1-10-11-12-14-19-30(20-15-13-16-23-34(35(40)42)48-50(8,9)38(2,3)4)47-37(44)32-26-29(39)27-41(32)36(43)31-21-17-18-22-33(31)46-28-45-24-25-49(5,6)7/h17-18,21-22,27,30,32,34H,10-16,19-20,23-26,28H2,1-9H3,(H2,40,42)/t30-,32+,34-/m1/s1. The average molecular weight is 737 g/mol. The van der Waals surface area contributed by atoms with Crippen molar-refractivity contribution in [3.8, 4) is 5.75 Å². The quantitative estimate of drug-likeness (QED) is 0.0516. The number of esters is 1. The topological polar surface area (TPSA) is 117 Å². The van der Waals surface area contributed by atoms with Gasteiger partial charge in [-0.15, -0.1) is 0 Å². The van der Waals surface area contributed by atoms with Crippen LogP contribution in [0.5, 0.6) is 5.75 Å². The molecular formula is C38H65FN2O7Si2. The van der Waals surface area contributed by atoms with Crippen molar-refractivity contribution in [2.45, 2.75) is 160 Å². The number of benzene rings is 1. The van der Waals surface area contributed by atoms with Gasteiger partial charge >= 0.3 is 5.97 Å². The van der Waals surface area contributed by atoms with E-state index >= 15 is 0 Å². The van der Waals surface area contributed by atoms with E-state index in [4.69, 9.17) is 24.4 Å². The van der Waals surface area contributed by atoms with Crippen molar-refractivity contribution < 1.29 is 37.4 Å². The van der Waals surface area contributed by atoms with Crippen LogP contribution in [0.4, 0.5) is 4.39 Å². The number of unbranched alkanes of at least 4 members (excludes halogenated alkanes) is 5. The van der Waals surface area contributed by atoms with Crippen molar-refractivity contribution in [3.05, 3.63) is 41.9 Å². The highest BCUT2D eigenvalue weighted by Gasteiger charge is 2.40. The number of halogens is 1. The third kappa shape index (κ3) is 15.0. The smallest absolute Gasteiger partial charge is 0.329 e. The van der Waals surface area contributed by atoms with Crippen molar-refractivity contribution in [1.29, 1.82) is 0 Å². The maximum Gasteiger partial charge on any atom is 0.329 e. The number of rotatable bonds is 23. The lowest BCUT2D eigenvalue weighted by Crippen LogP contribution is -2.47. The fraction of sp³-hybridized carbons (Fsp3) is 0.711. The van der Waals surface area contributed by atoms with Crippen LogP contribution in [-0.2, 0) is 23.5 Å². The van der Waals surface area contributed by atoms with Crippen LogP contribution in [0.3, 0.4) is 0 Å². The number of carbonyl (C=O) groups excluding carboxylic acids is 3. The van der Waals surface area contributed by atoms with Gasteiger partial charge in [-0.05, 0) is 68.4 Å². The predicted molar refractivity (Wildman–Crippen MR) is 203 cm³/mol. The number of primary amides is 1. The number of nitrogens with two attached hydrogens (primary N) is 1. The number of ether oxygens (including phenoxy) is 3. The number of carbonyl (C=O) groups is 3. The van der Waals surface area contributed by atoms with Crippen LogP contribution in [0.2, 0.25) is 43.8 Å². The minimum atomic E-state index is -2.16. The number of nitrogens with zero attached hydrogens (tertiary/aromatic N) is 1. The van der Waals surface area contributed by atoms with Gasteiger partial charge in [-0.25, -0.2) is 9.18 Å². The van der Waals surface area contributed by atoms with Gasteiger partial charge in [0.1, 0.15) is 29.8 Å². The first-order valence-electron chi connectivity index (χ1n) is 18.5. The summed E-state index contributed by atoms with van der Waals surface area (Å²) in [6.07, 6.45) is 8.19. The minimum Gasteiger partial charge on any atom is -0.467 e. The molecule has 1 aromatic carbocycles. The van der Waals surface area contributed by atoms with E-state index in [1.54, 1.807) is 24.3 Å². The monoisotopic (exact) mass is 736 g/mol. The summed E-state index contributed by atoms with van der Waals surface area (Å²) >= 11 is 0. The lowest BCUT2D eigenvalue weighted by Gasteiger charge is -2.38. The SMILES string of the molecule is CCCCCC[C@H](CCCCC[C@@H](O[Si](C)(C)C(C)(C)C)C(N)=O)OC(=O)[C@@H]1CC(F)=CN1C(=O)c1ccccc1OCOCC[Si](C)(C)C. The lowest BCUT2D eigenvalue weighted by atomic mass is 10.0. The molecule has 0 aliphatic carbocycles. The average Bonchev–Trinajstić information content (AvgIpc) is 3.42. The van der Waals surface area contributed by atoms with Crippen molar-refractivity contribution in [1.82, 2.24) is 4.90 Å². The van der Waals surface area contributed by atoms with Gasteiger partial charge < -0.3 is 24.4 Å². The molecule has 1 aliphatic rings. The molecule has 0 radical (unpaired) electrons. The molecule has 0 fully saturated rings. The van der Waals surface area contributed by atoms with Gasteiger partial charge in [0.15, 0.2) is 15.1 Å². The summed E-state index contributed by atoms with van der Waals surface area (Å²) in [6.45, 7) is 20.1. The molecule has 1 heterocycles. The van der Waals surface area contributed by atoms with Gasteiger partial charge in [-0.2, -0.15) is 0 Å². The van der Waals surface area contributed by atoms with Crippen LogP contribution >= 0.6 is 0 Å². The summed E-state index contributed by atoms with van der Waals surface area (Å²) in [5.41, 5.74) is 5.92. The molecule has 12 heteroatoms. The van der Waals surface area contributed by atoms with E-state index < -0.39 is 52.1 Å². The van der Waals surface area contributed by atoms with Crippen molar-refractivity contribution in [2.75, 3.05) is 13.4 Å². The van der Waals surface area contributed by atoms with Gasteiger partial charge in [0.25, 0.3) is 5.91 Å². The van der Waals surface area contributed by atoms with Crippen LogP contribution < -0.4 is 10.5 Å². The van der Waals surface area contributed by atoms with Gasteiger partial charge in [0.2, 0.25) is 5.91 Å². The minimum absolute atomic E-state index is 0.0169. The molecule has 2 rings (SSSR count). The zero-order valence-corrected chi connectivity index (χ0v) is 34.3. The van der Waals surface area contributed by atoms with Crippen molar-refractivity contribution >= 4 is 34.2 Å². The zero-order valence-electron chi connectivity index (χ0n) is 32.3. The Morgan fingerprint density at radius 2 is 1.58 bits per heavy atom. The molecule has 1 aromatic rings. The maximum atomic E-state index is 14.7. The number of hydrogen-bond acceptors (Lipinski definition) is 7. The summed E-state index contributed by atoms with van der Waals surface area (Å²) < 4.78 is 38.5. The predicted octanol–water partition coefficient (Wildman–Crippen LogP) is 9.11. The molecule has 2 N–H and O–H groups in total. The maximum absolute atomic E-state index is 14.7. The number of amides is 2. The number of hydrogen-bond donors (Lipinski definition) is 1. The molecule has 0 saturated heterocycles. The fourth-order valence-electron chi connectivity index (χ4n) is 5.40. The second-order valence-electron chi connectivity index (χ2n) is 16.3. The van der Waals surface area contributed by atoms with Crippen molar-refractivity contribution in [2.24, 2.45) is 5.73 Å². The van der Waals surface area contributed by atoms with Gasteiger partial charge in [-0.1, -0.05) is 91.6 Å². The normalized spacial score (nSPS) is 16.6. The second-order valence-corrected chi connectivity index (χ2v) is 26.7. The van der Waals surface area contributed by atoms with Gasteiger partial charge in [0.05, 0.1) is 5.56 Å². The van der Waals surface area contributed by atoms with E-state index in [9.17, 15) is 18.8 Å². The van der Waals surface area contributed by atoms with Gasteiger partial charge in [-0.3, -0.25) is 14.5 Å². The summed E-state index contributed by atoms with van der Waals surface area (Å²) in [4.78, 5) is 40.6. The highest BCUT2D eigenvalue weighted by atomic mass is 28.4. The van der Waals surface area contributed by atoms with Crippen LogP contribution in [0, 0.1) is 0 Å². The summed E-state index contributed by atoms with van der Waals surface area (Å²) in [5.74, 6) is -1.85. The van der Waals surface area contributed by atoms with E-state index in [0.29, 0.717) is 31.6 Å². The Kier molecular flexibility index (Phi) is 17.9. The zero-order chi connectivity index (χ0) is 37.5. The van der Waals surface area contributed by atoms with E-state index in [1.165, 1.54) is 0 Å². The van der Waals surface area contributed by atoms with E-state index in [0.717, 1.165) is 62.1 Å². The molecule has 9 nitrogen and oxygen atoms in total. The van der Waals surface area contributed by atoms with Crippen molar-refractivity contribution in [3.63, 3.8) is 0 Å². The van der Waals surface area contributed by atoms with Crippen LogP contribution in [0.15, 0.2) is 36.3 Å². The summed E-state index contributed by atoms with van der Waals surface area (Å²) in [5, 5.41) is -0.0353. The molecule has 0 aromatic heterocycles. The van der Waals surface area contributed by atoms with Crippen LogP contribution in [0.25, 0.3) is 0 Å². The first-order valence-corrected chi connectivity index (χ1v) is 25.1. The Bertz CT molecular complexity index is 1260. The first-order chi connectivity index (χ1) is 23.4. The Morgan fingerprint density at radius 3 is 2.18 bits per heavy atom. The summed E-state index contributed by atoms with van der Waals surface area (Å²) in [6, 6.07) is 6.59. The molecule has 0 bridgehead atoms. The molecule has 284 valence electrons. The Labute approximate surface area is 303 Å². The second kappa shape index (κ2) is 20.5. The fourth-order valence-corrected chi connectivity index (χ4v) is 7.45. The molecule has 0 spiro atoms. The molecule has 2 amide bonds. The molecule has 3 atom stereocenters. The molecule has 0 saturated carbocycles. The van der Waals surface area contributed by atoms with E-state index in [-0.39, 0.29) is 29.9 Å². The molecule has 0 unspecified atom stereocenters. The third-order valence-corrected chi connectivity index (χ3v) is 15.8. The molecular weight excluding hydrogens is 672 g/mol. The first kappa shape index (κ1) is 43.6. The van der Waals surface area contributed by atoms with E-state index in [1.807, 2.05) is 0 Å². The largest absolute Gasteiger partial charge is 0.467 e. The van der Waals surface area contributed by atoms with E-state index in [2.05, 4.69) is 60.4 Å². The summed E-state index contributed by atoms with van der Waals surface area (Å²) in [7, 11) is -3.42. The Morgan fingerprint density at radius 1 is 0.960 bits per heavy atom. The lowest BCUT2D eigenvalue weighted by molar-refractivity contribution is -0.154. The highest BCUT2D eigenvalue weighted by Crippen LogP contribution is 2.38.